The summed E-state index contributed by atoms with van der Waals surface area (Å²) in [6, 6.07) is 10.9. The molecule has 6 nitrogen and oxygen atoms in total. The van der Waals surface area contributed by atoms with Crippen LogP contribution in [-0.2, 0) is 16.1 Å². The molecular formula is C17H17N3O3S. The molecule has 3 rings (SSSR count). The lowest BCUT2D eigenvalue weighted by molar-refractivity contribution is -0.147. The Morgan fingerprint density at radius 1 is 1.33 bits per heavy atom. The molecule has 0 N–H and O–H groups in total. The smallest absolute Gasteiger partial charge is 0.313 e. The number of hydrogen-bond donors (Lipinski definition) is 0. The summed E-state index contributed by atoms with van der Waals surface area (Å²) in [5.74, 6) is -0.632. The van der Waals surface area contributed by atoms with Gasteiger partial charge in [-0.25, -0.2) is 4.98 Å². The largest absolute Gasteiger partial charge is 0.459 e. The van der Waals surface area contributed by atoms with Gasteiger partial charge in [0.05, 0.1) is 11.6 Å². The van der Waals surface area contributed by atoms with Gasteiger partial charge in [0, 0.05) is 6.07 Å². The molecule has 0 aliphatic rings. The second-order valence-corrected chi connectivity index (χ2v) is 6.54. The zero-order chi connectivity index (χ0) is 17.1. The molecule has 2 heterocycles. The van der Waals surface area contributed by atoms with Gasteiger partial charge < -0.3 is 4.74 Å². The van der Waals surface area contributed by atoms with Gasteiger partial charge in [-0.05, 0) is 18.9 Å². The van der Waals surface area contributed by atoms with Gasteiger partial charge >= 0.3 is 5.97 Å². The Bertz CT molecular complexity index is 918. The van der Waals surface area contributed by atoms with Crippen molar-refractivity contribution in [1.82, 2.24) is 14.6 Å². The summed E-state index contributed by atoms with van der Waals surface area (Å²) < 4.78 is 6.63. The Kier molecular flexibility index (Phi) is 4.71. The van der Waals surface area contributed by atoms with Crippen LogP contribution in [0.2, 0.25) is 0 Å². The standard InChI is InChI=1S/C17H17N3O3S/c1-3-14(12-7-5-4-6-8-12)16(22)23-10-13-9-15(21)20-17(18-13)24-11(2)19-20/h4-9,14H,3,10H2,1-2H3/t14-/m0/s1. The first-order valence-corrected chi connectivity index (χ1v) is 8.48. The Morgan fingerprint density at radius 3 is 2.79 bits per heavy atom. The number of fused-ring (bicyclic) bond motifs is 1. The molecule has 0 saturated heterocycles. The van der Waals surface area contributed by atoms with Gasteiger partial charge in [-0.15, -0.1) is 0 Å². The molecule has 0 saturated carbocycles. The van der Waals surface area contributed by atoms with Crippen molar-refractivity contribution in [3.8, 4) is 0 Å². The lowest BCUT2D eigenvalue weighted by Crippen LogP contribution is -2.18. The normalized spacial score (nSPS) is 12.2. The van der Waals surface area contributed by atoms with E-state index in [1.807, 2.05) is 44.2 Å². The lowest BCUT2D eigenvalue weighted by Gasteiger charge is -2.14. The number of hydrogen-bond acceptors (Lipinski definition) is 6. The van der Waals surface area contributed by atoms with E-state index in [1.54, 1.807) is 0 Å². The number of benzene rings is 1. The van der Waals surface area contributed by atoms with E-state index in [0.29, 0.717) is 17.1 Å². The van der Waals surface area contributed by atoms with Gasteiger partial charge in [0.25, 0.3) is 5.56 Å². The van der Waals surface area contributed by atoms with Crippen molar-refractivity contribution in [1.29, 1.82) is 0 Å². The number of ether oxygens (including phenoxy) is 1. The average molecular weight is 343 g/mol. The third-order valence-corrected chi connectivity index (χ3v) is 4.48. The average Bonchev–Trinajstić information content (AvgIpc) is 2.95. The molecule has 7 heteroatoms. The summed E-state index contributed by atoms with van der Waals surface area (Å²) in [5.41, 5.74) is 1.08. The molecule has 0 fully saturated rings. The summed E-state index contributed by atoms with van der Waals surface area (Å²) in [6.45, 7) is 3.73. The Labute approximate surface area is 142 Å². The molecule has 124 valence electrons. The van der Waals surface area contributed by atoms with E-state index in [4.69, 9.17) is 4.74 Å². The molecule has 24 heavy (non-hydrogen) atoms. The Hall–Kier alpha value is -2.54. The van der Waals surface area contributed by atoms with E-state index in [-0.39, 0.29) is 24.1 Å². The van der Waals surface area contributed by atoms with Crippen LogP contribution < -0.4 is 5.56 Å². The third kappa shape index (κ3) is 3.35. The van der Waals surface area contributed by atoms with Crippen LogP contribution in [0.3, 0.4) is 0 Å². The van der Waals surface area contributed by atoms with Gasteiger partial charge in [-0.3, -0.25) is 9.59 Å². The minimum Gasteiger partial charge on any atom is -0.459 e. The third-order valence-electron chi connectivity index (χ3n) is 3.66. The zero-order valence-corrected chi connectivity index (χ0v) is 14.2. The Balaban J connectivity index is 1.75. The van der Waals surface area contributed by atoms with Crippen LogP contribution in [0.1, 0.15) is 35.5 Å². The van der Waals surface area contributed by atoms with Crippen LogP contribution >= 0.6 is 11.3 Å². The fourth-order valence-corrected chi connectivity index (χ4v) is 3.26. The maximum absolute atomic E-state index is 12.4. The van der Waals surface area contributed by atoms with Crippen molar-refractivity contribution < 1.29 is 9.53 Å². The highest BCUT2D eigenvalue weighted by molar-refractivity contribution is 7.16. The summed E-state index contributed by atoms with van der Waals surface area (Å²) in [7, 11) is 0. The Morgan fingerprint density at radius 2 is 2.08 bits per heavy atom. The van der Waals surface area contributed by atoms with Crippen LogP contribution in [0, 0.1) is 6.92 Å². The van der Waals surface area contributed by atoms with E-state index in [9.17, 15) is 9.59 Å². The van der Waals surface area contributed by atoms with E-state index >= 15 is 0 Å². The molecule has 1 aromatic carbocycles. The minimum absolute atomic E-state index is 0.0230. The topological polar surface area (TPSA) is 73.6 Å². The van der Waals surface area contributed by atoms with Gasteiger partial charge in [0.2, 0.25) is 4.96 Å². The molecular weight excluding hydrogens is 326 g/mol. The van der Waals surface area contributed by atoms with Crippen LogP contribution in [0.5, 0.6) is 0 Å². The van der Waals surface area contributed by atoms with Crippen molar-refractivity contribution in [2.75, 3.05) is 0 Å². The van der Waals surface area contributed by atoms with E-state index in [2.05, 4.69) is 10.1 Å². The number of carbonyl (C=O) groups excluding carboxylic acids is 1. The molecule has 0 amide bonds. The molecule has 0 aliphatic heterocycles. The summed E-state index contributed by atoms with van der Waals surface area (Å²) >= 11 is 1.32. The molecule has 2 aromatic heterocycles. The summed E-state index contributed by atoms with van der Waals surface area (Å²) in [5, 5.41) is 4.84. The monoisotopic (exact) mass is 343 g/mol. The highest BCUT2D eigenvalue weighted by Gasteiger charge is 2.20. The first-order valence-electron chi connectivity index (χ1n) is 7.66. The quantitative estimate of drug-likeness (QED) is 0.666. The number of nitrogens with zero attached hydrogens (tertiary/aromatic N) is 3. The minimum atomic E-state index is -0.318. The molecule has 0 bridgehead atoms. The van der Waals surface area contributed by atoms with Gasteiger partial charge in [0.15, 0.2) is 0 Å². The van der Waals surface area contributed by atoms with Crippen molar-refractivity contribution in [3.63, 3.8) is 0 Å². The molecule has 0 unspecified atom stereocenters. The van der Waals surface area contributed by atoms with Crippen LogP contribution in [-0.4, -0.2) is 20.6 Å². The number of rotatable bonds is 5. The summed E-state index contributed by atoms with van der Waals surface area (Å²) in [4.78, 5) is 29.2. The number of aryl methyl sites for hydroxylation is 1. The number of esters is 1. The first-order chi connectivity index (χ1) is 11.6. The highest BCUT2D eigenvalue weighted by atomic mass is 32.1. The highest BCUT2D eigenvalue weighted by Crippen LogP contribution is 2.21. The SMILES string of the molecule is CC[C@H](C(=O)OCc1cc(=O)n2nc(C)sc2n1)c1ccccc1. The molecule has 0 spiro atoms. The maximum Gasteiger partial charge on any atom is 0.313 e. The zero-order valence-electron chi connectivity index (χ0n) is 13.4. The molecule has 3 aromatic rings. The molecule has 1 atom stereocenters. The lowest BCUT2D eigenvalue weighted by atomic mass is 9.97. The summed E-state index contributed by atoms with van der Waals surface area (Å²) in [6.07, 6.45) is 0.645. The van der Waals surface area contributed by atoms with Crippen LogP contribution in [0.25, 0.3) is 4.96 Å². The van der Waals surface area contributed by atoms with Crippen molar-refractivity contribution in [2.45, 2.75) is 32.8 Å². The number of carbonyl (C=O) groups is 1. The first kappa shape index (κ1) is 16.3. The van der Waals surface area contributed by atoms with Gasteiger partial charge in [0.1, 0.15) is 11.6 Å². The number of aromatic nitrogens is 3. The van der Waals surface area contributed by atoms with Gasteiger partial charge in [-0.2, -0.15) is 9.61 Å². The van der Waals surface area contributed by atoms with Gasteiger partial charge in [-0.1, -0.05) is 48.6 Å². The van der Waals surface area contributed by atoms with Crippen molar-refractivity contribution >= 4 is 22.3 Å². The van der Waals surface area contributed by atoms with E-state index in [1.165, 1.54) is 21.9 Å². The fourth-order valence-electron chi connectivity index (χ4n) is 2.50. The van der Waals surface area contributed by atoms with Crippen LogP contribution in [0.4, 0.5) is 0 Å². The molecule has 0 aliphatic carbocycles. The molecule has 0 radical (unpaired) electrons. The van der Waals surface area contributed by atoms with Crippen molar-refractivity contribution in [3.05, 3.63) is 63.0 Å². The van der Waals surface area contributed by atoms with Crippen molar-refractivity contribution in [2.24, 2.45) is 0 Å². The predicted octanol–water partition coefficient (Wildman–Crippen LogP) is 2.70. The second-order valence-electron chi connectivity index (χ2n) is 5.38. The fraction of sp³-hybridized carbons (Fsp3) is 0.294. The van der Waals surface area contributed by atoms with Crippen LogP contribution in [0.15, 0.2) is 41.2 Å². The maximum atomic E-state index is 12.4. The van der Waals surface area contributed by atoms with E-state index in [0.717, 1.165) is 10.6 Å². The predicted molar refractivity (Wildman–Crippen MR) is 91.1 cm³/mol. The second kappa shape index (κ2) is 6.92. The van der Waals surface area contributed by atoms with E-state index < -0.39 is 0 Å².